The number of sulfonamides is 1. The van der Waals surface area contributed by atoms with Gasteiger partial charge in [-0.15, -0.1) is 0 Å². The lowest BCUT2D eigenvalue weighted by Gasteiger charge is -2.31. The summed E-state index contributed by atoms with van der Waals surface area (Å²) in [6, 6.07) is 14.0. The normalized spacial score (nSPS) is 17.7. The minimum Gasteiger partial charge on any atom is -0.494 e. The fraction of sp³-hybridized carbons (Fsp3) is 0.381. The molecule has 156 valence electrons. The molecule has 1 N–H and O–H groups in total. The van der Waals surface area contributed by atoms with Crippen molar-refractivity contribution in [1.29, 1.82) is 0 Å². The molecule has 1 unspecified atom stereocenters. The van der Waals surface area contributed by atoms with Crippen LogP contribution in [0.2, 0.25) is 5.02 Å². The molecule has 2 aromatic carbocycles. The van der Waals surface area contributed by atoms with E-state index in [-0.39, 0.29) is 18.2 Å². The highest BCUT2D eigenvalue weighted by molar-refractivity contribution is 7.88. The fourth-order valence-corrected chi connectivity index (χ4v) is 5.22. The van der Waals surface area contributed by atoms with Gasteiger partial charge in [0.25, 0.3) is 0 Å². The predicted octanol–water partition coefficient (Wildman–Crippen LogP) is 3.92. The molecule has 0 radical (unpaired) electrons. The van der Waals surface area contributed by atoms with E-state index < -0.39 is 15.9 Å². The molecule has 0 aliphatic carbocycles. The van der Waals surface area contributed by atoms with E-state index in [9.17, 15) is 13.2 Å². The van der Waals surface area contributed by atoms with Crippen molar-refractivity contribution < 1.29 is 17.9 Å². The van der Waals surface area contributed by atoms with Gasteiger partial charge in [-0.3, -0.25) is 4.79 Å². The van der Waals surface area contributed by atoms with Crippen molar-refractivity contribution in [2.24, 2.45) is 5.92 Å². The first-order valence-electron chi connectivity index (χ1n) is 9.63. The third kappa shape index (κ3) is 5.95. The summed E-state index contributed by atoms with van der Waals surface area (Å²) < 4.78 is 32.6. The second-order valence-electron chi connectivity index (χ2n) is 7.03. The maximum absolute atomic E-state index is 12.8. The Morgan fingerprint density at radius 2 is 2.03 bits per heavy atom. The highest BCUT2D eigenvalue weighted by Gasteiger charge is 2.32. The van der Waals surface area contributed by atoms with Crippen LogP contribution in [0.15, 0.2) is 48.5 Å². The van der Waals surface area contributed by atoms with Crippen molar-refractivity contribution in [2.75, 3.05) is 25.0 Å². The summed E-state index contributed by atoms with van der Waals surface area (Å²) in [5.41, 5.74) is 1.27. The van der Waals surface area contributed by atoms with E-state index in [1.165, 1.54) is 4.31 Å². The molecule has 0 spiro atoms. The maximum Gasteiger partial charge on any atom is 0.228 e. The van der Waals surface area contributed by atoms with Gasteiger partial charge in [-0.2, -0.15) is 0 Å². The van der Waals surface area contributed by atoms with Gasteiger partial charge in [0.1, 0.15) is 5.75 Å². The van der Waals surface area contributed by atoms with Crippen LogP contribution in [0.1, 0.15) is 25.3 Å². The Kier molecular flexibility index (Phi) is 7.16. The number of carbonyl (C=O) groups is 1. The van der Waals surface area contributed by atoms with E-state index in [0.717, 1.165) is 0 Å². The highest BCUT2D eigenvalue weighted by Crippen LogP contribution is 2.24. The summed E-state index contributed by atoms with van der Waals surface area (Å²) in [5, 5.41) is 3.38. The summed E-state index contributed by atoms with van der Waals surface area (Å²) in [7, 11) is -3.53. The van der Waals surface area contributed by atoms with Crippen LogP contribution in [-0.4, -0.2) is 38.3 Å². The molecule has 8 heteroatoms. The van der Waals surface area contributed by atoms with Crippen molar-refractivity contribution in [3.8, 4) is 5.75 Å². The standard InChI is InChI=1S/C21H25ClN2O4S/c1-2-28-20-10-4-9-19(13-20)23-21(25)17-7-5-11-24(14-17)29(26,27)15-16-6-3-8-18(22)12-16/h3-4,6,8-10,12-13,17H,2,5,7,11,14-15H2,1H3,(H,23,25). The second-order valence-corrected chi connectivity index (χ2v) is 9.44. The fourth-order valence-electron chi connectivity index (χ4n) is 3.41. The number of nitrogens with one attached hydrogen (secondary N) is 1. The number of halogens is 1. The van der Waals surface area contributed by atoms with Gasteiger partial charge < -0.3 is 10.1 Å². The predicted molar refractivity (Wildman–Crippen MR) is 115 cm³/mol. The minimum absolute atomic E-state index is 0.127. The Hall–Kier alpha value is -2.09. The molecule has 6 nitrogen and oxygen atoms in total. The smallest absolute Gasteiger partial charge is 0.228 e. The molecule has 1 amide bonds. The zero-order valence-electron chi connectivity index (χ0n) is 16.3. The summed E-state index contributed by atoms with van der Waals surface area (Å²) in [4.78, 5) is 12.7. The topological polar surface area (TPSA) is 75.7 Å². The van der Waals surface area contributed by atoms with E-state index >= 15 is 0 Å². The van der Waals surface area contributed by atoms with Gasteiger partial charge in [0.2, 0.25) is 15.9 Å². The van der Waals surface area contributed by atoms with Gasteiger partial charge >= 0.3 is 0 Å². The summed E-state index contributed by atoms with van der Waals surface area (Å²) >= 11 is 5.96. The summed E-state index contributed by atoms with van der Waals surface area (Å²) in [5.74, 6) is -0.0206. The Balaban J connectivity index is 1.65. The molecule has 29 heavy (non-hydrogen) atoms. The largest absolute Gasteiger partial charge is 0.494 e. The number of benzene rings is 2. The molecule has 0 saturated carbocycles. The van der Waals surface area contributed by atoms with Crippen LogP contribution >= 0.6 is 11.6 Å². The average molecular weight is 437 g/mol. The molecule has 0 aromatic heterocycles. The first-order valence-corrected chi connectivity index (χ1v) is 11.6. The van der Waals surface area contributed by atoms with E-state index in [1.54, 1.807) is 36.4 Å². The van der Waals surface area contributed by atoms with Gasteiger partial charge in [0.05, 0.1) is 18.3 Å². The SMILES string of the molecule is CCOc1cccc(NC(=O)C2CCCN(S(=O)(=O)Cc3cccc(Cl)c3)C2)c1. The van der Waals surface area contributed by atoms with E-state index in [2.05, 4.69) is 5.32 Å². The molecular weight excluding hydrogens is 412 g/mol. The van der Waals surface area contributed by atoms with Gasteiger partial charge in [-0.25, -0.2) is 12.7 Å². The van der Waals surface area contributed by atoms with Crippen molar-refractivity contribution in [2.45, 2.75) is 25.5 Å². The van der Waals surface area contributed by atoms with Crippen molar-refractivity contribution in [3.63, 3.8) is 0 Å². The van der Waals surface area contributed by atoms with Crippen LogP contribution in [0.5, 0.6) is 5.75 Å². The molecule has 1 aliphatic heterocycles. The van der Waals surface area contributed by atoms with Crippen LogP contribution in [0.3, 0.4) is 0 Å². The molecule has 1 aliphatic rings. The molecule has 1 saturated heterocycles. The van der Waals surface area contributed by atoms with E-state index in [0.29, 0.717) is 48.0 Å². The lowest BCUT2D eigenvalue weighted by atomic mass is 9.98. The van der Waals surface area contributed by atoms with Crippen molar-refractivity contribution in [3.05, 3.63) is 59.1 Å². The van der Waals surface area contributed by atoms with Crippen molar-refractivity contribution >= 4 is 33.2 Å². The number of ether oxygens (including phenoxy) is 1. The number of carbonyl (C=O) groups excluding carboxylic acids is 1. The Morgan fingerprint density at radius 3 is 2.79 bits per heavy atom. The zero-order chi connectivity index (χ0) is 20.9. The Labute approximate surface area is 176 Å². The van der Waals surface area contributed by atoms with Crippen LogP contribution in [0.4, 0.5) is 5.69 Å². The number of nitrogens with zero attached hydrogens (tertiary/aromatic N) is 1. The number of amides is 1. The first-order chi connectivity index (χ1) is 13.9. The number of anilines is 1. The van der Waals surface area contributed by atoms with Gasteiger partial charge in [-0.05, 0) is 49.6 Å². The van der Waals surface area contributed by atoms with Crippen molar-refractivity contribution in [1.82, 2.24) is 4.31 Å². The Bertz CT molecular complexity index is 965. The number of rotatable bonds is 7. The third-order valence-electron chi connectivity index (χ3n) is 4.80. The Morgan fingerprint density at radius 1 is 1.24 bits per heavy atom. The van der Waals surface area contributed by atoms with Crippen LogP contribution in [0, 0.1) is 5.92 Å². The quantitative estimate of drug-likeness (QED) is 0.713. The lowest BCUT2D eigenvalue weighted by molar-refractivity contribution is -0.120. The molecule has 1 heterocycles. The summed E-state index contributed by atoms with van der Waals surface area (Å²) in [6.07, 6.45) is 1.30. The highest BCUT2D eigenvalue weighted by atomic mass is 35.5. The van der Waals surface area contributed by atoms with Crippen LogP contribution in [-0.2, 0) is 20.6 Å². The van der Waals surface area contributed by atoms with Gasteiger partial charge in [0.15, 0.2) is 0 Å². The molecule has 2 aromatic rings. The molecule has 1 fully saturated rings. The third-order valence-corrected chi connectivity index (χ3v) is 6.85. The molecule has 1 atom stereocenters. The van der Waals surface area contributed by atoms with Crippen LogP contribution < -0.4 is 10.1 Å². The minimum atomic E-state index is -3.53. The second kappa shape index (κ2) is 9.61. The maximum atomic E-state index is 12.8. The average Bonchev–Trinajstić information content (AvgIpc) is 2.68. The monoisotopic (exact) mass is 436 g/mol. The lowest BCUT2D eigenvalue weighted by Crippen LogP contribution is -2.44. The van der Waals surface area contributed by atoms with E-state index in [1.807, 2.05) is 19.1 Å². The van der Waals surface area contributed by atoms with Crippen LogP contribution in [0.25, 0.3) is 0 Å². The van der Waals surface area contributed by atoms with Gasteiger partial charge in [-0.1, -0.05) is 29.8 Å². The zero-order valence-corrected chi connectivity index (χ0v) is 17.9. The molecule has 0 bridgehead atoms. The van der Waals surface area contributed by atoms with Gasteiger partial charge in [0, 0.05) is 29.9 Å². The molecule has 3 rings (SSSR count). The summed E-state index contributed by atoms with van der Waals surface area (Å²) in [6.45, 7) is 3.04. The number of hydrogen-bond acceptors (Lipinski definition) is 4. The first kappa shape index (κ1) is 21.6. The molecular formula is C21H25ClN2O4S. The van der Waals surface area contributed by atoms with E-state index in [4.69, 9.17) is 16.3 Å². The number of piperidine rings is 1. The number of hydrogen-bond donors (Lipinski definition) is 1.